The molecule has 1 heterocycles. The molecule has 0 unspecified atom stereocenters. The van der Waals surface area contributed by atoms with Gasteiger partial charge in [-0.2, -0.15) is 0 Å². The van der Waals surface area contributed by atoms with E-state index in [-0.39, 0.29) is 11.3 Å². The van der Waals surface area contributed by atoms with Gasteiger partial charge in [-0.15, -0.1) is 0 Å². The Morgan fingerprint density at radius 3 is 1.93 bits per heavy atom. The van der Waals surface area contributed by atoms with Crippen LogP contribution in [0.4, 0.5) is 25.1 Å². The number of benzene rings is 2. The number of hydrogen-bond donors (Lipinski definition) is 1. The smallest absolute Gasteiger partial charge is 0.310 e. The minimum Gasteiger partial charge on any atom is -0.370 e. The molecule has 148 valence electrons. The maximum Gasteiger partial charge on any atom is 0.310 e. The molecule has 2 aliphatic rings. The molecule has 0 bridgehead atoms. The molecule has 8 heteroatoms. The highest BCUT2D eigenvalue weighted by molar-refractivity contribution is 8.45. The van der Waals surface area contributed by atoms with E-state index >= 15 is 0 Å². The van der Waals surface area contributed by atoms with E-state index < -0.39 is 15.1 Å². The molecule has 1 saturated carbocycles. The van der Waals surface area contributed by atoms with Gasteiger partial charge >= 0.3 is 10.2 Å². The van der Waals surface area contributed by atoms with E-state index in [9.17, 15) is 19.4 Å². The van der Waals surface area contributed by atoms with Gasteiger partial charge in [0.1, 0.15) is 4.90 Å². The van der Waals surface area contributed by atoms with Crippen molar-refractivity contribution in [2.45, 2.75) is 30.2 Å². The first-order valence-corrected chi connectivity index (χ1v) is 10.7. The van der Waals surface area contributed by atoms with Crippen LogP contribution in [0.2, 0.25) is 0 Å². The maximum absolute atomic E-state index is 12.8. The second-order valence-electron chi connectivity index (χ2n) is 7.87. The number of hydrogen-bond acceptors (Lipinski definition) is 2. The fourth-order valence-electron chi connectivity index (χ4n) is 4.27. The summed E-state index contributed by atoms with van der Waals surface area (Å²) in [7, 11) is -9.58. The lowest BCUT2D eigenvalue weighted by Crippen LogP contribution is -2.61. The van der Waals surface area contributed by atoms with E-state index in [0.29, 0.717) is 24.2 Å². The van der Waals surface area contributed by atoms with E-state index in [1.54, 1.807) is 0 Å². The van der Waals surface area contributed by atoms with E-state index in [1.165, 1.54) is 12.1 Å². The number of rotatable bonds is 4. The Labute approximate surface area is 154 Å². The predicted molar refractivity (Wildman–Crippen MR) is 98.8 cm³/mol. The van der Waals surface area contributed by atoms with Crippen LogP contribution in [-0.4, -0.2) is 13.1 Å². The van der Waals surface area contributed by atoms with Gasteiger partial charge in [-0.25, -0.2) is 0 Å². The van der Waals surface area contributed by atoms with Gasteiger partial charge in [-0.05, 0) is 54.2 Å². The maximum atomic E-state index is 12.8. The second kappa shape index (κ2) is 5.17. The van der Waals surface area contributed by atoms with Crippen LogP contribution in [0, 0.1) is 5.41 Å². The van der Waals surface area contributed by atoms with Crippen molar-refractivity contribution in [1.29, 1.82) is 0 Å². The highest BCUT2D eigenvalue weighted by Crippen LogP contribution is 3.02. The number of nitrogens with zero attached hydrogens (tertiary/aromatic N) is 1. The summed E-state index contributed by atoms with van der Waals surface area (Å²) in [4.78, 5) is 0.455. The summed E-state index contributed by atoms with van der Waals surface area (Å²) in [5.74, 6) is 0.138. The van der Waals surface area contributed by atoms with Crippen molar-refractivity contribution in [3.05, 3.63) is 59.7 Å². The molecule has 2 fully saturated rings. The quantitative estimate of drug-likeness (QED) is 0.616. The number of halogens is 5. The third-order valence-electron chi connectivity index (χ3n) is 5.75. The number of nitrogens with two attached hydrogens (primary N) is 1. The van der Waals surface area contributed by atoms with Crippen molar-refractivity contribution in [3.8, 4) is 0 Å². The summed E-state index contributed by atoms with van der Waals surface area (Å²) < 4.78 is 64.0. The predicted octanol–water partition coefficient (Wildman–Crippen LogP) is 6.19. The zero-order valence-electron chi connectivity index (χ0n) is 14.6. The van der Waals surface area contributed by atoms with Gasteiger partial charge < -0.3 is 10.6 Å². The van der Waals surface area contributed by atoms with Crippen LogP contribution >= 0.6 is 10.2 Å². The van der Waals surface area contributed by atoms with Crippen LogP contribution in [0.1, 0.15) is 29.9 Å². The monoisotopic (exact) mass is 404 g/mol. The third-order valence-corrected chi connectivity index (χ3v) is 6.91. The number of anilines is 1. The normalized spacial score (nSPS) is 21.9. The Balaban J connectivity index is 1.36. The van der Waals surface area contributed by atoms with Crippen LogP contribution in [0.15, 0.2) is 53.4 Å². The zero-order valence-corrected chi connectivity index (χ0v) is 15.4. The van der Waals surface area contributed by atoms with Crippen LogP contribution in [-0.2, 0) is 6.54 Å². The summed E-state index contributed by atoms with van der Waals surface area (Å²) in [6.07, 6.45) is 1.75. The van der Waals surface area contributed by atoms with Crippen LogP contribution in [0.25, 0.3) is 0 Å². The lowest BCUT2D eigenvalue weighted by atomic mass is 9.56. The Morgan fingerprint density at radius 2 is 1.44 bits per heavy atom. The van der Waals surface area contributed by atoms with Gasteiger partial charge in [-0.3, -0.25) is 0 Å². The molecule has 0 atom stereocenters. The minimum absolute atomic E-state index is 0.138. The molecule has 0 amide bonds. The average Bonchev–Trinajstić information content (AvgIpc) is 2.51. The van der Waals surface area contributed by atoms with Gasteiger partial charge in [0.2, 0.25) is 0 Å². The van der Waals surface area contributed by atoms with Crippen LogP contribution < -0.4 is 10.6 Å². The first-order valence-electron chi connectivity index (χ1n) is 8.76. The third kappa shape index (κ3) is 3.52. The summed E-state index contributed by atoms with van der Waals surface area (Å²) in [5.41, 5.74) is 8.71. The van der Waals surface area contributed by atoms with Crippen molar-refractivity contribution in [2.75, 3.05) is 18.0 Å². The molecular weight excluding hydrogens is 383 g/mol. The van der Waals surface area contributed by atoms with Gasteiger partial charge in [0.05, 0.1) is 0 Å². The zero-order chi connectivity index (χ0) is 19.6. The van der Waals surface area contributed by atoms with Gasteiger partial charge in [0.15, 0.2) is 0 Å². The molecule has 2 aromatic rings. The molecular formula is C19H21F5N2S. The molecule has 4 rings (SSSR count). The fraction of sp³-hybridized carbons (Fsp3) is 0.368. The minimum atomic E-state index is -9.58. The largest absolute Gasteiger partial charge is 0.370 e. The lowest BCUT2D eigenvalue weighted by molar-refractivity contribution is 0.0633. The Kier molecular flexibility index (Phi) is 3.55. The van der Waals surface area contributed by atoms with E-state index in [1.807, 2.05) is 24.3 Å². The van der Waals surface area contributed by atoms with Crippen LogP contribution in [0.3, 0.4) is 0 Å². The molecule has 0 aromatic heterocycles. The molecule has 2 N–H and O–H groups in total. The topological polar surface area (TPSA) is 29.3 Å². The fourth-order valence-corrected chi connectivity index (χ4v) is 4.92. The van der Waals surface area contributed by atoms with Crippen molar-refractivity contribution < 1.29 is 19.4 Å². The first kappa shape index (κ1) is 18.6. The molecule has 2 aromatic carbocycles. The Bertz CT molecular complexity index is 848. The molecule has 1 saturated heterocycles. The van der Waals surface area contributed by atoms with Crippen molar-refractivity contribution in [2.24, 2.45) is 11.1 Å². The second-order valence-corrected chi connectivity index (χ2v) is 10.3. The standard InChI is InChI=1S/C19H21F5N2S/c20-27(21,22,23,24)18-7-3-15(4-8-18)16-9-19(10-16)12-26(13-19)17-5-1-14(11-25)2-6-17/h1-8,16H,9-13,25H2. The Hall–Kier alpha value is -1.80. The average molecular weight is 404 g/mol. The molecule has 0 radical (unpaired) electrons. The first-order chi connectivity index (χ1) is 12.4. The summed E-state index contributed by atoms with van der Waals surface area (Å²) in [6, 6.07) is 11.5. The highest BCUT2D eigenvalue weighted by Gasteiger charge is 2.65. The van der Waals surface area contributed by atoms with Gasteiger partial charge in [0.25, 0.3) is 0 Å². The Morgan fingerprint density at radius 1 is 0.889 bits per heavy atom. The highest BCUT2D eigenvalue weighted by atomic mass is 32.5. The van der Waals surface area contributed by atoms with Crippen molar-refractivity contribution in [3.63, 3.8) is 0 Å². The van der Waals surface area contributed by atoms with Gasteiger partial charge in [0, 0.05) is 30.7 Å². The van der Waals surface area contributed by atoms with Crippen LogP contribution in [0.5, 0.6) is 0 Å². The molecule has 1 aliphatic heterocycles. The van der Waals surface area contributed by atoms with Gasteiger partial charge in [-0.1, -0.05) is 43.7 Å². The van der Waals surface area contributed by atoms with Crippen molar-refractivity contribution >= 4 is 15.9 Å². The summed E-state index contributed by atoms with van der Waals surface area (Å²) in [6.45, 7) is 2.33. The molecule has 1 aliphatic carbocycles. The van der Waals surface area contributed by atoms with Crippen molar-refractivity contribution in [1.82, 2.24) is 0 Å². The molecule has 27 heavy (non-hydrogen) atoms. The van der Waals surface area contributed by atoms with E-state index in [2.05, 4.69) is 4.90 Å². The van der Waals surface area contributed by atoms with E-state index in [0.717, 1.165) is 37.2 Å². The summed E-state index contributed by atoms with van der Waals surface area (Å²) >= 11 is 0. The summed E-state index contributed by atoms with van der Waals surface area (Å²) in [5, 5.41) is 0. The molecule has 1 spiro atoms. The van der Waals surface area contributed by atoms with E-state index in [4.69, 9.17) is 5.73 Å². The lowest BCUT2D eigenvalue weighted by Gasteiger charge is -2.60. The molecule has 2 nitrogen and oxygen atoms in total. The SMILES string of the molecule is NCc1ccc(N2CC3(CC(c4ccc(S(F)(F)(F)(F)F)cc4)C3)C2)cc1.